The molecule has 3 heterocycles. The molecule has 2 unspecified atom stereocenters. The molecule has 174 valence electrons. The summed E-state index contributed by atoms with van der Waals surface area (Å²) in [5.41, 5.74) is 1.10. The lowest BCUT2D eigenvalue weighted by Gasteiger charge is -2.33. The number of nitrogens with zero attached hydrogens (tertiary/aromatic N) is 4. The maximum absolute atomic E-state index is 12.9. The number of aliphatic imine (C=N–C) groups is 1. The number of nitrogens with one attached hydrogen (secondary N) is 1. The standard InChI is InChI=1S/C23H27N5O4S/c1-13(2)31-17-8-16(21(29)27-19-12-24-14(3)11-25-19)9-18(10-17)32-23-26-15(4)20(33-23)22(30)28-6-5-7-28/h8-13,15,20H,5-7H2,1-4H3,(H,25,27,29). The van der Waals surface area contributed by atoms with Crippen molar-refractivity contribution in [3.63, 3.8) is 0 Å². The van der Waals surface area contributed by atoms with Gasteiger partial charge in [0.15, 0.2) is 5.82 Å². The molecule has 1 N–H and O–H groups in total. The number of benzene rings is 1. The highest BCUT2D eigenvalue weighted by atomic mass is 32.2. The van der Waals surface area contributed by atoms with Crippen LogP contribution in [0.4, 0.5) is 5.82 Å². The number of ether oxygens (including phenoxy) is 2. The summed E-state index contributed by atoms with van der Waals surface area (Å²) in [6, 6.07) is 4.78. The van der Waals surface area contributed by atoms with Crippen LogP contribution >= 0.6 is 11.8 Å². The molecule has 0 saturated carbocycles. The summed E-state index contributed by atoms with van der Waals surface area (Å²) < 4.78 is 11.8. The molecule has 0 aliphatic carbocycles. The van der Waals surface area contributed by atoms with Gasteiger partial charge in [-0.1, -0.05) is 11.8 Å². The molecule has 4 rings (SSSR count). The first-order valence-corrected chi connectivity index (χ1v) is 11.8. The zero-order chi connectivity index (χ0) is 23.5. The molecule has 10 heteroatoms. The van der Waals surface area contributed by atoms with Gasteiger partial charge in [0, 0.05) is 24.7 Å². The van der Waals surface area contributed by atoms with Crippen molar-refractivity contribution in [2.24, 2.45) is 4.99 Å². The third-order valence-corrected chi connectivity index (χ3v) is 6.37. The van der Waals surface area contributed by atoms with Gasteiger partial charge in [-0.05, 0) is 46.2 Å². The van der Waals surface area contributed by atoms with Gasteiger partial charge >= 0.3 is 0 Å². The molecule has 2 aliphatic rings. The molecular weight excluding hydrogens is 442 g/mol. The van der Waals surface area contributed by atoms with E-state index in [1.165, 1.54) is 18.0 Å². The number of carbonyl (C=O) groups is 2. The lowest BCUT2D eigenvalue weighted by Crippen LogP contribution is -2.48. The fourth-order valence-electron chi connectivity index (χ4n) is 3.34. The number of amides is 2. The van der Waals surface area contributed by atoms with Crippen molar-refractivity contribution in [2.45, 2.75) is 51.5 Å². The molecule has 9 nitrogen and oxygen atoms in total. The van der Waals surface area contributed by atoms with Crippen LogP contribution in [0.1, 0.15) is 43.2 Å². The summed E-state index contributed by atoms with van der Waals surface area (Å²) in [5, 5.41) is 2.84. The third-order valence-electron chi connectivity index (χ3n) is 5.13. The van der Waals surface area contributed by atoms with Crippen LogP contribution in [0.3, 0.4) is 0 Å². The molecular formula is C23H27N5O4S. The molecule has 2 aliphatic heterocycles. The predicted octanol–water partition coefficient (Wildman–Crippen LogP) is 3.30. The molecule has 0 spiro atoms. The van der Waals surface area contributed by atoms with Gasteiger partial charge in [-0.25, -0.2) is 9.98 Å². The van der Waals surface area contributed by atoms with E-state index >= 15 is 0 Å². The number of likely N-dealkylation sites (tertiary alicyclic amines) is 1. The van der Waals surface area contributed by atoms with Crippen LogP contribution in [-0.4, -0.2) is 62.4 Å². The van der Waals surface area contributed by atoms with Gasteiger partial charge in [-0.2, -0.15) is 0 Å². The van der Waals surface area contributed by atoms with Crippen LogP contribution in [0.5, 0.6) is 11.5 Å². The summed E-state index contributed by atoms with van der Waals surface area (Å²) in [7, 11) is 0. The molecule has 2 amide bonds. The molecule has 1 saturated heterocycles. The van der Waals surface area contributed by atoms with E-state index in [4.69, 9.17) is 9.47 Å². The first-order valence-electron chi connectivity index (χ1n) is 10.9. The Kier molecular flexibility index (Phi) is 6.83. The minimum Gasteiger partial charge on any atom is -0.491 e. The Morgan fingerprint density at radius 2 is 1.91 bits per heavy atom. The number of hydrogen-bond donors (Lipinski definition) is 1. The van der Waals surface area contributed by atoms with Gasteiger partial charge in [0.25, 0.3) is 11.1 Å². The minimum atomic E-state index is -0.368. The molecule has 33 heavy (non-hydrogen) atoms. The summed E-state index contributed by atoms with van der Waals surface area (Å²) >= 11 is 1.31. The third kappa shape index (κ3) is 5.62. The Hall–Kier alpha value is -3.14. The lowest BCUT2D eigenvalue weighted by molar-refractivity contribution is -0.134. The maximum Gasteiger partial charge on any atom is 0.257 e. The summed E-state index contributed by atoms with van der Waals surface area (Å²) in [6.45, 7) is 9.14. The monoisotopic (exact) mass is 469 g/mol. The molecule has 0 bridgehead atoms. The van der Waals surface area contributed by atoms with Crippen molar-refractivity contribution in [3.8, 4) is 11.5 Å². The Morgan fingerprint density at radius 3 is 2.55 bits per heavy atom. The molecule has 1 fully saturated rings. The fraction of sp³-hybridized carbons (Fsp3) is 0.435. The van der Waals surface area contributed by atoms with Crippen LogP contribution in [-0.2, 0) is 4.79 Å². The van der Waals surface area contributed by atoms with Crippen LogP contribution < -0.4 is 14.8 Å². The number of rotatable bonds is 6. The van der Waals surface area contributed by atoms with Crippen molar-refractivity contribution in [3.05, 3.63) is 41.9 Å². The van der Waals surface area contributed by atoms with Gasteiger partial charge in [-0.3, -0.25) is 14.6 Å². The van der Waals surface area contributed by atoms with E-state index in [1.807, 2.05) is 32.6 Å². The average molecular weight is 470 g/mol. The predicted molar refractivity (Wildman–Crippen MR) is 127 cm³/mol. The van der Waals surface area contributed by atoms with E-state index in [0.717, 1.165) is 25.2 Å². The largest absolute Gasteiger partial charge is 0.491 e. The first kappa shape index (κ1) is 23.0. The van der Waals surface area contributed by atoms with E-state index in [9.17, 15) is 9.59 Å². The lowest BCUT2D eigenvalue weighted by atomic mass is 10.1. The second kappa shape index (κ2) is 9.78. The quantitative estimate of drug-likeness (QED) is 0.692. The molecule has 0 radical (unpaired) electrons. The molecule has 1 aromatic carbocycles. The van der Waals surface area contributed by atoms with Crippen molar-refractivity contribution >= 4 is 34.6 Å². The second-order valence-corrected chi connectivity index (χ2v) is 9.40. The maximum atomic E-state index is 12.9. The smallest absolute Gasteiger partial charge is 0.257 e. The van der Waals surface area contributed by atoms with Crippen molar-refractivity contribution in [1.29, 1.82) is 0 Å². The highest BCUT2D eigenvalue weighted by Crippen LogP contribution is 2.33. The number of aryl methyl sites for hydroxylation is 1. The van der Waals surface area contributed by atoms with Crippen molar-refractivity contribution in [1.82, 2.24) is 14.9 Å². The molecule has 2 atom stereocenters. The van der Waals surface area contributed by atoms with Crippen LogP contribution in [0.25, 0.3) is 0 Å². The minimum absolute atomic E-state index is 0.0872. The van der Waals surface area contributed by atoms with Crippen LogP contribution in [0.15, 0.2) is 35.6 Å². The van der Waals surface area contributed by atoms with Gasteiger partial charge in [0.2, 0.25) is 5.91 Å². The second-order valence-electron chi connectivity index (χ2n) is 8.31. The number of carbonyl (C=O) groups excluding carboxylic acids is 2. The van der Waals surface area contributed by atoms with E-state index in [-0.39, 0.29) is 29.2 Å². The summed E-state index contributed by atoms with van der Waals surface area (Å²) in [6.07, 6.45) is 4.04. The Bertz CT molecular complexity index is 1070. The summed E-state index contributed by atoms with van der Waals surface area (Å²) in [5.74, 6) is 0.973. The normalized spacial score (nSPS) is 19.7. The van der Waals surface area contributed by atoms with Crippen LogP contribution in [0, 0.1) is 6.92 Å². The average Bonchev–Trinajstić information content (AvgIpc) is 3.07. The highest BCUT2D eigenvalue weighted by molar-refractivity contribution is 8.15. The van der Waals surface area contributed by atoms with Gasteiger partial charge in [0.05, 0.1) is 30.2 Å². The van der Waals surface area contributed by atoms with Gasteiger partial charge in [0.1, 0.15) is 16.7 Å². The zero-order valence-corrected chi connectivity index (χ0v) is 19.9. The van der Waals surface area contributed by atoms with E-state index in [1.54, 1.807) is 24.4 Å². The SMILES string of the molecule is Cc1cnc(NC(=O)c2cc(OC3=NC(C)C(C(=O)N4CCC4)S3)cc(OC(C)C)c2)cn1. The fourth-order valence-corrected chi connectivity index (χ4v) is 4.44. The van der Waals surface area contributed by atoms with Crippen LogP contribution in [0.2, 0.25) is 0 Å². The van der Waals surface area contributed by atoms with E-state index in [0.29, 0.717) is 28.1 Å². The van der Waals surface area contributed by atoms with E-state index in [2.05, 4.69) is 20.3 Å². The van der Waals surface area contributed by atoms with Gasteiger partial charge in [-0.15, -0.1) is 0 Å². The first-order chi connectivity index (χ1) is 15.8. The zero-order valence-electron chi connectivity index (χ0n) is 19.1. The Balaban J connectivity index is 1.51. The van der Waals surface area contributed by atoms with Crippen molar-refractivity contribution < 1.29 is 19.1 Å². The Labute approximate surface area is 197 Å². The molecule has 2 aromatic rings. The number of anilines is 1. The topological polar surface area (TPSA) is 106 Å². The number of aromatic nitrogens is 2. The summed E-state index contributed by atoms with van der Waals surface area (Å²) in [4.78, 5) is 40.2. The number of hydrogen-bond acceptors (Lipinski definition) is 8. The number of thioether (sulfide) groups is 1. The highest BCUT2D eigenvalue weighted by Gasteiger charge is 2.38. The Morgan fingerprint density at radius 1 is 1.15 bits per heavy atom. The van der Waals surface area contributed by atoms with Gasteiger partial charge < -0.3 is 19.7 Å². The molecule has 1 aromatic heterocycles. The van der Waals surface area contributed by atoms with E-state index < -0.39 is 0 Å². The van der Waals surface area contributed by atoms with Crippen molar-refractivity contribution in [2.75, 3.05) is 18.4 Å².